The molecule has 0 radical (unpaired) electrons. The van der Waals surface area contributed by atoms with E-state index < -0.39 is 0 Å². The summed E-state index contributed by atoms with van der Waals surface area (Å²) in [6.45, 7) is 6.27. The van der Waals surface area contributed by atoms with Gasteiger partial charge < -0.3 is 37.2 Å². The minimum absolute atomic E-state index is 0. The summed E-state index contributed by atoms with van der Waals surface area (Å²) in [6.07, 6.45) is 8.45. The average molecular weight is 473 g/mol. The molecule has 0 amide bonds. The van der Waals surface area contributed by atoms with Gasteiger partial charge in [0.2, 0.25) is 0 Å². The first-order valence-electron chi connectivity index (χ1n) is 8.36. The van der Waals surface area contributed by atoms with E-state index in [0.717, 1.165) is 43.1 Å². The van der Waals surface area contributed by atoms with Gasteiger partial charge in [0.1, 0.15) is 0 Å². The number of rotatable bonds is 6. The Kier molecular flexibility index (Phi) is 16.3. The fraction of sp³-hybridized carbons (Fsp3) is 0.562. The van der Waals surface area contributed by atoms with E-state index in [1.807, 2.05) is 12.1 Å². The van der Waals surface area contributed by atoms with Crippen LogP contribution in [-0.4, -0.2) is 53.6 Å². The number of hydrogen-bond donors (Lipinski definition) is 2. The van der Waals surface area contributed by atoms with Crippen LogP contribution in [0.5, 0.6) is 0 Å². The van der Waals surface area contributed by atoms with E-state index in [4.69, 9.17) is 0 Å². The van der Waals surface area contributed by atoms with Crippen molar-refractivity contribution in [3.8, 4) is 0 Å². The van der Waals surface area contributed by atoms with Gasteiger partial charge in [0.25, 0.3) is 0 Å². The largest absolute Gasteiger partial charge is 3.00 e. The zero-order valence-electron chi connectivity index (χ0n) is 15.3. The van der Waals surface area contributed by atoms with Crippen LogP contribution in [0.3, 0.4) is 0 Å². The van der Waals surface area contributed by atoms with Gasteiger partial charge >= 0.3 is 18.6 Å². The van der Waals surface area contributed by atoms with Crippen LogP contribution in [0.1, 0.15) is 42.6 Å². The Bertz CT molecular complexity index is 531. The molecule has 0 unspecified atom stereocenters. The van der Waals surface area contributed by atoms with Crippen molar-refractivity contribution in [1.82, 2.24) is 26.1 Å². The molecule has 3 heterocycles. The third kappa shape index (κ3) is 9.99. The molecule has 0 spiro atoms. The maximum Gasteiger partial charge on any atom is 3.00 e. The Balaban J connectivity index is 0. The van der Waals surface area contributed by atoms with E-state index in [0.29, 0.717) is 0 Å². The van der Waals surface area contributed by atoms with Crippen molar-refractivity contribution < 1.29 is 55.8 Å². The van der Waals surface area contributed by atoms with Crippen molar-refractivity contribution in [3.05, 3.63) is 29.1 Å². The summed E-state index contributed by atoms with van der Waals surface area (Å²) in [5.41, 5.74) is 8.93. The summed E-state index contributed by atoms with van der Waals surface area (Å²) in [5, 5.41) is 12.8. The molecule has 150 valence electrons. The summed E-state index contributed by atoms with van der Waals surface area (Å²) in [4.78, 5) is 4.55. The number of pyridine rings is 1. The maximum atomic E-state index is 4.55. The number of hydrogen-bond acceptors (Lipinski definition) is 7. The first-order valence-corrected chi connectivity index (χ1v) is 8.36. The third-order valence-corrected chi connectivity index (χ3v) is 4.01. The summed E-state index contributed by atoms with van der Waals surface area (Å²) in [6, 6.07) is 4.03. The number of nitrogens with zero attached hydrogens (tertiary/aromatic N) is 5. The number of aryl methyl sites for hydroxylation is 1. The molecule has 0 atom stereocenters. The standard InChI is InChI=1S/C16H25N7.3ClH.V/c1-14-10-15(12-17-20-22-6-2-3-7-22)19-16(11-14)13-18-21-23-8-4-5-9-23;;;;/h10-13,20-21H,2-9H2,1H3;3*1H;/q;;;;+3/p-3. The molecule has 2 aliphatic rings. The van der Waals surface area contributed by atoms with E-state index in [9.17, 15) is 0 Å². The Morgan fingerprint density at radius 2 is 1.19 bits per heavy atom. The summed E-state index contributed by atoms with van der Waals surface area (Å²) < 4.78 is 0. The normalized spacial score (nSPS) is 17.1. The number of hydrazine groups is 2. The van der Waals surface area contributed by atoms with E-state index in [-0.39, 0.29) is 55.8 Å². The molecule has 2 saturated heterocycles. The van der Waals surface area contributed by atoms with Crippen molar-refractivity contribution in [2.45, 2.75) is 32.6 Å². The Hall–Kier alpha value is -0.536. The minimum atomic E-state index is 0. The van der Waals surface area contributed by atoms with Gasteiger partial charge in [-0.25, -0.2) is 26.1 Å². The first-order chi connectivity index (χ1) is 11.3. The molecule has 2 aliphatic heterocycles. The van der Waals surface area contributed by atoms with Gasteiger partial charge in [-0.2, -0.15) is 10.2 Å². The van der Waals surface area contributed by atoms with Gasteiger partial charge in [-0.3, -0.25) is 0 Å². The Morgan fingerprint density at radius 1 is 0.815 bits per heavy atom. The molecule has 3 rings (SSSR count). The predicted molar refractivity (Wildman–Crippen MR) is 92.0 cm³/mol. The van der Waals surface area contributed by atoms with Crippen molar-refractivity contribution >= 4 is 12.4 Å². The smallest absolute Gasteiger partial charge is 1.00 e. The number of hydrazone groups is 2. The second kappa shape index (κ2) is 15.4. The van der Waals surface area contributed by atoms with E-state index in [1.165, 1.54) is 25.7 Å². The summed E-state index contributed by atoms with van der Waals surface area (Å²) >= 11 is 0. The molecule has 0 saturated carbocycles. The van der Waals surface area contributed by atoms with Crippen molar-refractivity contribution in [2.75, 3.05) is 26.2 Å². The maximum absolute atomic E-state index is 4.55. The quantitative estimate of drug-likeness (QED) is 0.318. The second-order valence-corrected chi connectivity index (χ2v) is 6.10. The van der Waals surface area contributed by atoms with Gasteiger partial charge in [0, 0.05) is 26.2 Å². The molecule has 0 bridgehead atoms. The molecule has 1 aromatic heterocycles. The van der Waals surface area contributed by atoms with E-state index in [2.05, 4.69) is 43.2 Å². The molecule has 2 fully saturated rings. The van der Waals surface area contributed by atoms with Crippen molar-refractivity contribution in [2.24, 2.45) is 10.2 Å². The molecular weight excluding hydrogens is 448 g/mol. The van der Waals surface area contributed by atoms with E-state index in [1.54, 1.807) is 12.4 Å². The summed E-state index contributed by atoms with van der Waals surface area (Å²) in [7, 11) is 0. The van der Waals surface area contributed by atoms with Gasteiger partial charge in [0.05, 0.1) is 23.8 Å². The molecule has 0 aliphatic carbocycles. The zero-order valence-corrected chi connectivity index (χ0v) is 18.9. The van der Waals surface area contributed by atoms with Crippen LogP contribution in [0.25, 0.3) is 0 Å². The summed E-state index contributed by atoms with van der Waals surface area (Å²) in [5.74, 6) is 0. The fourth-order valence-electron chi connectivity index (χ4n) is 2.84. The monoisotopic (exact) mass is 471 g/mol. The van der Waals surface area contributed by atoms with Crippen LogP contribution in [0.4, 0.5) is 0 Å². The number of halogens is 3. The van der Waals surface area contributed by atoms with Crippen LogP contribution in [0.15, 0.2) is 22.3 Å². The molecule has 2 N–H and O–H groups in total. The minimum Gasteiger partial charge on any atom is -1.00 e. The first kappa shape index (κ1) is 28.7. The van der Waals surface area contributed by atoms with Crippen molar-refractivity contribution in [1.29, 1.82) is 0 Å². The Labute approximate surface area is 191 Å². The molecule has 0 aromatic carbocycles. The molecular formula is C16H25Cl3N7V. The fourth-order valence-corrected chi connectivity index (χ4v) is 2.84. The number of aromatic nitrogens is 1. The van der Waals surface area contributed by atoms with Gasteiger partial charge in [-0.1, -0.05) is 0 Å². The predicted octanol–water partition coefficient (Wildman–Crippen LogP) is -7.73. The molecule has 11 heteroatoms. The molecule has 7 nitrogen and oxygen atoms in total. The van der Waals surface area contributed by atoms with Gasteiger partial charge in [0.15, 0.2) is 0 Å². The van der Waals surface area contributed by atoms with E-state index >= 15 is 0 Å². The van der Waals surface area contributed by atoms with Crippen LogP contribution >= 0.6 is 0 Å². The average Bonchev–Trinajstić information content (AvgIpc) is 3.20. The van der Waals surface area contributed by atoms with Crippen LogP contribution in [0, 0.1) is 6.92 Å². The molecule has 1 aromatic rings. The Morgan fingerprint density at radius 3 is 1.56 bits per heavy atom. The van der Waals surface area contributed by atoms with Crippen molar-refractivity contribution in [3.63, 3.8) is 0 Å². The third-order valence-electron chi connectivity index (χ3n) is 4.01. The number of nitrogens with one attached hydrogen (secondary N) is 2. The van der Waals surface area contributed by atoms with Crippen LogP contribution in [0.2, 0.25) is 0 Å². The topological polar surface area (TPSA) is 68.1 Å². The SMILES string of the molecule is Cc1cc(C=NNN2CCCC2)nc(C=NNN2CCCC2)c1.[Cl-].[Cl-].[Cl-].[V+3]. The zero-order chi connectivity index (χ0) is 15.9. The van der Waals surface area contributed by atoms with Crippen LogP contribution in [-0.2, 0) is 18.6 Å². The van der Waals surface area contributed by atoms with Crippen LogP contribution < -0.4 is 48.3 Å². The van der Waals surface area contributed by atoms with Gasteiger partial charge in [-0.15, -0.1) is 0 Å². The second-order valence-electron chi connectivity index (χ2n) is 6.10. The van der Waals surface area contributed by atoms with Gasteiger partial charge in [-0.05, 0) is 50.3 Å². The molecule has 27 heavy (non-hydrogen) atoms.